The molecule has 0 spiro atoms. The molecule has 1 aromatic carbocycles. The third kappa shape index (κ3) is 2.45. The van der Waals surface area contributed by atoms with Crippen LogP contribution in [0.5, 0.6) is 0 Å². The van der Waals surface area contributed by atoms with E-state index in [1.165, 1.54) is 16.9 Å². The van der Waals surface area contributed by atoms with Gasteiger partial charge in [0.25, 0.3) is 15.9 Å². The van der Waals surface area contributed by atoms with Crippen molar-refractivity contribution in [3.8, 4) is 0 Å². The summed E-state index contributed by atoms with van der Waals surface area (Å²) in [4.78, 5) is 13.2. The molecule has 1 heterocycles. The molecule has 5 nitrogen and oxygen atoms in total. The maximum absolute atomic E-state index is 13.4. The fraction of sp³-hybridized carbons (Fsp3) is 0.650. The summed E-state index contributed by atoms with van der Waals surface area (Å²) in [6, 6.07) is 6.33. The van der Waals surface area contributed by atoms with Gasteiger partial charge in [-0.2, -0.15) is 0 Å². The Morgan fingerprint density at radius 2 is 1.63 bits per heavy atom. The number of hydrazine groups is 1. The fourth-order valence-corrected chi connectivity index (χ4v) is 8.44. The third-order valence-corrected chi connectivity index (χ3v) is 9.36. The zero-order valence-corrected chi connectivity index (χ0v) is 17.2. The van der Waals surface area contributed by atoms with Gasteiger partial charge in [-0.05, 0) is 87.8 Å². The Hall–Kier alpha value is -1.11. The largest absolute Gasteiger partial charge is 0.271 e. The summed E-state index contributed by atoms with van der Waals surface area (Å²) >= 11 is 6.04. The minimum atomic E-state index is -3.84. The maximum atomic E-state index is 13.4. The first-order chi connectivity index (χ1) is 12.7. The first-order valence-corrected chi connectivity index (χ1v) is 11.7. The number of hydrogen-bond acceptors (Lipinski definition) is 3. The van der Waals surface area contributed by atoms with Crippen molar-refractivity contribution in [3.05, 3.63) is 29.3 Å². The molecule has 27 heavy (non-hydrogen) atoms. The summed E-state index contributed by atoms with van der Waals surface area (Å²) in [5.74, 6) is 2.32. The standard InChI is InChI=1S/C20H25ClN2O3S/c1-20(2)19(24)22(18-14-7-12-6-13(9-14)10-15(18)8-12)23(20)27(25,26)17-5-3-4-16(21)11-17/h3-5,11-15,18H,6-10H2,1-2H3. The van der Waals surface area contributed by atoms with Crippen LogP contribution in [0, 0.1) is 23.7 Å². The van der Waals surface area contributed by atoms with Gasteiger partial charge < -0.3 is 0 Å². The Balaban J connectivity index is 1.54. The smallest absolute Gasteiger partial charge is 0.261 e. The summed E-state index contributed by atoms with van der Waals surface area (Å²) < 4.78 is 28.2. The van der Waals surface area contributed by atoms with Crippen LogP contribution in [0.4, 0.5) is 0 Å². The molecule has 0 aromatic heterocycles. The predicted octanol–water partition coefficient (Wildman–Crippen LogP) is 3.69. The topological polar surface area (TPSA) is 57.7 Å². The molecule has 4 aliphatic carbocycles. The molecule has 0 radical (unpaired) electrons. The van der Waals surface area contributed by atoms with E-state index >= 15 is 0 Å². The van der Waals surface area contributed by atoms with Gasteiger partial charge in [0.1, 0.15) is 5.54 Å². The molecule has 0 atom stereocenters. The van der Waals surface area contributed by atoms with Crippen molar-refractivity contribution < 1.29 is 13.2 Å². The molecule has 5 aliphatic rings. The van der Waals surface area contributed by atoms with Crippen molar-refractivity contribution in [2.75, 3.05) is 0 Å². The van der Waals surface area contributed by atoms with Crippen LogP contribution in [0.15, 0.2) is 29.2 Å². The summed E-state index contributed by atoms with van der Waals surface area (Å²) in [7, 11) is -3.84. The molecular formula is C20H25ClN2O3S. The van der Waals surface area contributed by atoms with E-state index in [2.05, 4.69) is 0 Å². The molecule has 0 N–H and O–H groups in total. The number of amides is 1. The number of carbonyl (C=O) groups is 1. The minimum absolute atomic E-state index is 0.0206. The summed E-state index contributed by atoms with van der Waals surface area (Å²) in [5.41, 5.74) is -1.06. The second-order valence-electron chi connectivity index (χ2n) is 9.34. The zero-order chi connectivity index (χ0) is 19.1. The van der Waals surface area contributed by atoms with E-state index in [0.29, 0.717) is 16.9 Å². The van der Waals surface area contributed by atoms with Gasteiger partial charge in [-0.1, -0.05) is 22.1 Å². The van der Waals surface area contributed by atoms with Crippen molar-refractivity contribution in [1.82, 2.24) is 9.42 Å². The van der Waals surface area contributed by atoms with E-state index < -0.39 is 15.6 Å². The molecule has 5 fully saturated rings. The molecule has 4 bridgehead atoms. The molecule has 6 rings (SSSR count). The van der Waals surface area contributed by atoms with Crippen molar-refractivity contribution in [3.63, 3.8) is 0 Å². The first-order valence-electron chi connectivity index (χ1n) is 9.84. The number of hydrogen-bond donors (Lipinski definition) is 0. The molecule has 4 saturated carbocycles. The lowest BCUT2D eigenvalue weighted by atomic mass is 9.54. The van der Waals surface area contributed by atoms with Crippen molar-refractivity contribution in [2.45, 2.75) is 62.4 Å². The number of halogens is 1. The van der Waals surface area contributed by atoms with Crippen LogP contribution in [0.25, 0.3) is 0 Å². The van der Waals surface area contributed by atoms with Crippen LogP contribution in [-0.2, 0) is 14.8 Å². The van der Waals surface area contributed by atoms with E-state index in [-0.39, 0.29) is 16.8 Å². The van der Waals surface area contributed by atoms with Crippen LogP contribution in [0.1, 0.15) is 46.0 Å². The van der Waals surface area contributed by atoms with Gasteiger partial charge in [0.05, 0.1) is 10.9 Å². The Morgan fingerprint density at radius 1 is 1.04 bits per heavy atom. The third-order valence-electron chi connectivity index (χ3n) is 7.19. The lowest BCUT2D eigenvalue weighted by Crippen LogP contribution is -2.80. The van der Waals surface area contributed by atoms with Crippen LogP contribution in [-0.4, -0.2) is 35.3 Å². The zero-order valence-electron chi connectivity index (χ0n) is 15.6. The van der Waals surface area contributed by atoms with Gasteiger partial charge in [-0.15, -0.1) is 0 Å². The number of carbonyl (C=O) groups excluding carboxylic acids is 1. The molecule has 1 saturated heterocycles. The van der Waals surface area contributed by atoms with Gasteiger partial charge in [0, 0.05) is 5.02 Å². The van der Waals surface area contributed by atoms with E-state index in [0.717, 1.165) is 37.5 Å². The number of rotatable bonds is 3. The summed E-state index contributed by atoms with van der Waals surface area (Å²) in [6.07, 6.45) is 5.85. The van der Waals surface area contributed by atoms with Gasteiger partial charge in [0.2, 0.25) is 0 Å². The number of benzene rings is 1. The second-order valence-corrected chi connectivity index (χ2v) is 11.5. The maximum Gasteiger partial charge on any atom is 0.261 e. The second kappa shape index (κ2) is 5.71. The van der Waals surface area contributed by atoms with E-state index in [9.17, 15) is 13.2 Å². The van der Waals surface area contributed by atoms with Crippen LogP contribution >= 0.6 is 11.6 Å². The summed E-state index contributed by atoms with van der Waals surface area (Å²) in [5, 5.41) is 1.98. The highest BCUT2D eigenvalue weighted by Crippen LogP contribution is 2.57. The van der Waals surface area contributed by atoms with Gasteiger partial charge in [-0.25, -0.2) is 8.42 Å². The Morgan fingerprint density at radius 3 is 2.19 bits per heavy atom. The lowest BCUT2D eigenvalue weighted by Gasteiger charge is -2.64. The molecule has 1 amide bonds. The average Bonchev–Trinajstić information content (AvgIpc) is 2.59. The quantitative estimate of drug-likeness (QED) is 0.766. The van der Waals surface area contributed by atoms with Crippen LogP contribution < -0.4 is 0 Å². The molecule has 1 aromatic rings. The van der Waals surface area contributed by atoms with Crippen LogP contribution in [0.2, 0.25) is 5.02 Å². The fourth-order valence-electron chi connectivity index (χ4n) is 6.37. The molecule has 0 unspecified atom stereocenters. The minimum Gasteiger partial charge on any atom is -0.271 e. The van der Waals surface area contributed by atoms with Crippen molar-refractivity contribution >= 4 is 27.5 Å². The van der Waals surface area contributed by atoms with E-state index in [1.54, 1.807) is 37.1 Å². The van der Waals surface area contributed by atoms with E-state index in [1.807, 2.05) is 0 Å². The molecular weight excluding hydrogens is 384 g/mol. The first kappa shape index (κ1) is 18.0. The molecule has 1 aliphatic heterocycles. The SMILES string of the molecule is CC1(C)C(=O)N(C2C3CC4CC(C3)CC2C4)N1S(=O)(=O)c1cccc(Cl)c1. The Kier molecular flexibility index (Phi) is 3.79. The normalized spacial score (nSPS) is 37.5. The van der Waals surface area contributed by atoms with Crippen molar-refractivity contribution in [1.29, 1.82) is 0 Å². The molecule has 7 heteroatoms. The highest BCUT2D eigenvalue weighted by atomic mass is 35.5. The highest BCUT2D eigenvalue weighted by Gasteiger charge is 2.64. The monoisotopic (exact) mass is 408 g/mol. The summed E-state index contributed by atoms with van der Waals surface area (Å²) in [6.45, 7) is 3.40. The van der Waals surface area contributed by atoms with E-state index in [4.69, 9.17) is 11.6 Å². The van der Waals surface area contributed by atoms with Gasteiger partial charge >= 0.3 is 0 Å². The van der Waals surface area contributed by atoms with Crippen molar-refractivity contribution in [2.24, 2.45) is 23.7 Å². The Labute approximate surface area is 165 Å². The van der Waals surface area contributed by atoms with Gasteiger partial charge in [0.15, 0.2) is 0 Å². The van der Waals surface area contributed by atoms with Gasteiger partial charge in [-0.3, -0.25) is 9.80 Å². The number of nitrogens with zero attached hydrogens (tertiary/aromatic N) is 2. The number of sulfonamides is 1. The highest BCUT2D eigenvalue weighted by molar-refractivity contribution is 7.89. The lowest BCUT2D eigenvalue weighted by molar-refractivity contribution is -0.218. The van der Waals surface area contributed by atoms with Crippen LogP contribution in [0.3, 0.4) is 0 Å². The molecule has 146 valence electrons. The predicted molar refractivity (Wildman–Crippen MR) is 102 cm³/mol. The Bertz CT molecular complexity index is 886. The average molecular weight is 409 g/mol.